The van der Waals surface area contributed by atoms with Crippen molar-refractivity contribution >= 4 is 11.6 Å². The van der Waals surface area contributed by atoms with E-state index in [-0.39, 0.29) is 0 Å². The zero-order chi connectivity index (χ0) is 7.84. The molecule has 2 heteroatoms. The molecular formula is C9H16ClN. The summed E-state index contributed by atoms with van der Waals surface area (Å²) in [4.78, 5) is 0. The third-order valence-electron chi connectivity index (χ3n) is 3.34. The summed E-state index contributed by atoms with van der Waals surface area (Å²) < 4.78 is 0. The number of halogens is 1. The molecule has 0 spiro atoms. The van der Waals surface area contributed by atoms with Gasteiger partial charge in [-0.1, -0.05) is 6.92 Å². The van der Waals surface area contributed by atoms with Gasteiger partial charge in [0.2, 0.25) is 0 Å². The first-order valence-electron chi connectivity index (χ1n) is 4.66. The Kier molecular flexibility index (Phi) is 2.11. The fraction of sp³-hybridized carbons (Fsp3) is 1.00. The van der Waals surface area contributed by atoms with E-state index in [1.807, 2.05) is 0 Å². The molecule has 0 aromatic carbocycles. The van der Waals surface area contributed by atoms with Crippen LogP contribution in [0.2, 0.25) is 0 Å². The average Bonchev–Trinajstić information content (AvgIpc) is 2.45. The SMILES string of the molecule is CC1CCC(Cl)C2NCCC12. The maximum absolute atomic E-state index is 6.22. The Bertz CT molecular complexity index is 132. The Balaban J connectivity index is 2.08. The Labute approximate surface area is 73.5 Å². The van der Waals surface area contributed by atoms with Crippen molar-refractivity contribution in [1.29, 1.82) is 0 Å². The lowest BCUT2D eigenvalue weighted by atomic mass is 9.77. The molecule has 11 heavy (non-hydrogen) atoms. The second-order valence-corrected chi connectivity index (χ2v) is 4.56. The summed E-state index contributed by atoms with van der Waals surface area (Å²) in [5, 5.41) is 3.91. The molecule has 0 amide bonds. The predicted molar refractivity (Wildman–Crippen MR) is 47.9 cm³/mol. The lowest BCUT2D eigenvalue weighted by Crippen LogP contribution is -2.42. The Morgan fingerprint density at radius 3 is 2.82 bits per heavy atom. The lowest BCUT2D eigenvalue weighted by Gasteiger charge is -2.34. The topological polar surface area (TPSA) is 12.0 Å². The van der Waals surface area contributed by atoms with Crippen LogP contribution in [0, 0.1) is 11.8 Å². The Hall–Kier alpha value is 0.250. The summed E-state index contributed by atoms with van der Waals surface area (Å²) in [7, 11) is 0. The quantitative estimate of drug-likeness (QED) is 0.553. The molecule has 2 fully saturated rings. The molecule has 4 atom stereocenters. The van der Waals surface area contributed by atoms with Crippen molar-refractivity contribution in [2.45, 2.75) is 37.6 Å². The highest BCUT2D eigenvalue weighted by atomic mass is 35.5. The van der Waals surface area contributed by atoms with Crippen LogP contribution >= 0.6 is 11.6 Å². The van der Waals surface area contributed by atoms with E-state index < -0.39 is 0 Å². The minimum atomic E-state index is 0.402. The van der Waals surface area contributed by atoms with E-state index in [1.165, 1.54) is 25.8 Å². The van der Waals surface area contributed by atoms with Gasteiger partial charge in [0.25, 0.3) is 0 Å². The van der Waals surface area contributed by atoms with Gasteiger partial charge in [0.05, 0.1) is 0 Å². The second kappa shape index (κ2) is 2.95. The number of hydrogen-bond donors (Lipinski definition) is 1. The minimum absolute atomic E-state index is 0.402. The van der Waals surface area contributed by atoms with Crippen LogP contribution in [0.25, 0.3) is 0 Å². The smallest absolute Gasteiger partial charge is 0.0492 e. The second-order valence-electron chi connectivity index (χ2n) is 4.00. The van der Waals surface area contributed by atoms with Gasteiger partial charge in [0.1, 0.15) is 0 Å². The molecule has 1 N–H and O–H groups in total. The van der Waals surface area contributed by atoms with Crippen molar-refractivity contribution in [2.24, 2.45) is 11.8 Å². The molecule has 1 heterocycles. The summed E-state index contributed by atoms with van der Waals surface area (Å²) in [6.07, 6.45) is 3.88. The van der Waals surface area contributed by atoms with E-state index in [1.54, 1.807) is 0 Å². The molecule has 4 unspecified atom stereocenters. The summed E-state index contributed by atoms with van der Waals surface area (Å²) in [6.45, 7) is 3.55. The van der Waals surface area contributed by atoms with Gasteiger partial charge in [-0.05, 0) is 37.6 Å². The molecule has 1 aliphatic heterocycles. The molecule has 64 valence electrons. The molecule has 2 aliphatic rings. The zero-order valence-electron chi connectivity index (χ0n) is 7.02. The van der Waals surface area contributed by atoms with Crippen molar-refractivity contribution in [3.05, 3.63) is 0 Å². The van der Waals surface area contributed by atoms with Gasteiger partial charge in [-0.15, -0.1) is 11.6 Å². The van der Waals surface area contributed by atoms with Gasteiger partial charge in [0.15, 0.2) is 0 Å². The van der Waals surface area contributed by atoms with E-state index in [0.717, 1.165) is 11.8 Å². The molecule has 1 saturated carbocycles. The van der Waals surface area contributed by atoms with Gasteiger partial charge in [0, 0.05) is 11.4 Å². The minimum Gasteiger partial charge on any atom is -0.312 e. The lowest BCUT2D eigenvalue weighted by molar-refractivity contribution is 0.240. The summed E-state index contributed by atoms with van der Waals surface area (Å²) in [6, 6.07) is 0.625. The van der Waals surface area contributed by atoms with Crippen molar-refractivity contribution in [2.75, 3.05) is 6.54 Å². The van der Waals surface area contributed by atoms with E-state index in [2.05, 4.69) is 12.2 Å². The van der Waals surface area contributed by atoms with Crippen LogP contribution in [0.5, 0.6) is 0 Å². The highest BCUT2D eigenvalue weighted by Crippen LogP contribution is 2.37. The highest BCUT2D eigenvalue weighted by Gasteiger charge is 2.39. The number of fused-ring (bicyclic) bond motifs is 1. The average molecular weight is 174 g/mol. The van der Waals surface area contributed by atoms with Gasteiger partial charge in [-0.25, -0.2) is 0 Å². The summed E-state index contributed by atoms with van der Waals surface area (Å²) in [5.74, 6) is 1.76. The largest absolute Gasteiger partial charge is 0.312 e. The zero-order valence-corrected chi connectivity index (χ0v) is 7.77. The maximum atomic E-state index is 6.22. The normalized spacial score (nSPS) is 50.7. The molecular weight excluding hydrogens is 158 g/mol. The van der Waals surface area contributed by atoms with Crippen LogP contribution in [-0.2, 0) is 0 Å². The van der Waals surface area contributed by atoms with Gasteiger partial charge in [-0.2, -0.15) is 0 Å². The van der Waals surface area contributed by atoms with Gasteiger partial charge < -0.3 is 5.32 Å². The molecule has 1 nitrogen and oxygen atoms in total. The third-order valence-corrected chi connectivity index (χ3v) is 3.83. The molecule has 1 saturated heterocycles. The molecule has 0 aromatic rings. The summed E-state index contributed by atoms with van der Waals surface area (Å²) in [5.41, 5.74) is 0. The van der Waals surface area contributed by atoms with Crippen molar-refractivity contribution < 1.29 is 0 Å². The number of rotatable bonds is 0. The first-order chi connectivity index (χ1) is 5.29. The van der Waals surface area contributed by atoms with Crippen molar-refractivity contribution in [3.8, 4) is 0 Å². The Morgan fingerprint density at radius 2 is 2.09 bits per heavy atom. The monoisotopic (exact) mass is 173 g/mol. The molecule has 0 aromatic heterocycles. The first kappa shape index (κ1) is 7.88. The van der Waals surface area contributed by atoms with E-state index in [9.17, 15) is 0 Å². The highest BCUT2D eigenvalue weighted by molar-refractivity contribution is 6.21. The molecule has 2 rings (SSSR count). The van der Waals surface area contributed by atoms with Crippen molar-refractivity contribution in [1.82, 2.24) is 5.32 Å². The van der Waals surface area contributed by atoms with E-state index in [0.29, 0.717) is 11.4 Å². The van der Waals surface area contributed by atoms with Gasteiger partial charge >= 0.3 is 0 Å². The fourth-order valence-corrected chi connectivity index (χ4v) is 3.00. The van der Waals surface area contributed by atoms with Crippen LogP contribution in [0.15, 0.2) is 0 Å². The molecule has 0 radical (unpaired) electrons. The van der Waals surface area contributed by atoms with E-state index >= 15 is 0 Å². The predicted octanol–water partition coefficient (Wildman–Crippen LogP) is 2.00. The van der Waals surface area contributed by atoms with Crippen LogP contribution in [0.3, 0.4) is 0 Å². The number of hydrogen-bond acceptors (Lipinski definition) is 1. The van der Waals surface area contributed by atoms with E-state index in [4.69, 9.17) is 11.6 Å². The van der Waals surface area contributed by atoms with Crippen LogP contribution in [-0.4, -0.2) is 18.0 Å². The summed E-state index contributed by atoms with van der Waals surface area (Å²) >= 11 is 6.22. The Morgan fingerprint density at radius 1 is 1.27 bits per heavy atom. The number of nitrogens with one attached hydrogen (secondary N) is 1. The van der Waals surface area contributed by atoms with Crippen LogP contribution in [0.4, 0.5) is 0 Å². The third kappa shape index (κ3) is 1.29. The fourth-order valence-electron chi connectivity index (χ4n) is 2.60. The standard InChI is InChI=1S/C9H16ClN/c1-6-2-3-8(10)9-7(6)4-5-11-9/h6-9,11H,2-5H2,1H3. The van der Waals surface area contributed by atoms with Gasteiger partial charge in [-0.3, -0.25) is 0 Å². The van der Waals surface area contributed by atoms with Crippen LogP contribution < -0.4 is 5.32 Å². The van der Waals surface area contributed by atoms with Crippen molar-refractivity contribution in [3.63, 3.8) is 0 Å². The maximum Gasteiger partial charge on any atom is 0.0492 e. The molecule has 1 aliphatic carbocycles. The van der Waals surface area contributed by atoms with Crippen LogP contribution in [0.1, 0.15) is 26.2 Å². The number of alkyl halides is 1. The molecule has 0 bridgehead atoms. The first-order valence-corrected chi connectivity index (χ1v) is 5.10.